The molecule has 2 aromatic rings. The zero-order valence-electron chi connectivity index (χ0n) is 15.1. The molecule has 0 N–H and O–H groups in total. The Morgan fingerprint density at radius 2 is 2.08 bits per heavy atom. The number of carbonyl (C=O) groups excluding carboxylic acids is 2. The Hall–Kier alpha value is -1.95. The third kappa shape index (κ3) is 3.68. The molecule has 6 heteroatoms. The summed E-state index contributed by atoms with van der Waals surface area (Å²) in [6, 6.07) is 5.69. The monoisotopic (exact) mass is 359 g/mol. The minimum atomic E-state index is -0.0769. The van der Waals surface area contributed by atoms with E-state index >= 15 is 0 Å². The fraction of sp³-hybridized carbons (Fsp3) is 0.526. The zero-order chi connectivity index (χ0) is 18.0. The highest BCUT2D eigenvalue weighted by molar-refractivity contribution is 7.18. The van der Waals surface area contributed by atoms with E-state index in [1.165, 1.54) is 0 Å². The van der Waals surface area contributed by atoms with Crippen molar-refractivity contribution in [2.45, 2.75) is 33.6 Å². The van der Waals surface area contributed by atoms with E-state index in [1.807, 2.05) is 48.8 Å². The fourth-order valence-electron chi connectivity index (χ4n) is 3.51. The Morgan fingerprint density at radius 1 is 1.32 bits per heavy atom. The molecule has 0 unspecified atom stereocenters. The number of aromatic nitrogens is 1. The first kappa shape index (κ1) is 17.9. The molecule has 0 radical (unpaired) electrons. The summed E-state index contributed by atoms with van der Waals surface area (Å²) in [4.78, 5) is 33.7. The molecule has 2 heterocycles. The number of benzene rings is 1. The van der Waals surface area contributed by atoms with Gasteiger partial charge in [-0.25, -0.2) is 4.98 Å². The number of aryl methyl sites for hydroxylation is 1. The molecule has 1 aromatic heterocycles. The van der Waals surface area contributed by atoms with Crippen molar-refractivity contribution < 1.29 is 9.59 Å². The molecule has 5 nitrogen and oxygen atoms in total. The lowest BCUT2D eigenvalue weighted by atomic mass is 9.95. The molecule has 1 atom stereocenters. The molecule has 0 aliphatic carbocycles. The van der Waals surface area contributed by atoms with Crippen LogP contribution in [0.4, 0.5) is 0 Å². The summed E-state index contributed by atoms with van der Waals surface area (Å²) >= 11 is 1.60. The highest BCUT2D eigenvalue weighted by Crippen LogP contribution is 2.25. The summed E-state index contributed by atoms with van der Waals surface area (Å²) in [6.07, 6.45) is 1.75. The highest BCUT2D eigenvalue weighted by Gasteiger charge is 2.30. The number of likely N-dealkylation sites (tertiary alicyclic amines) is 1. The Bertz CT molecular complexity index is 782. The van der Waals surface area contributed by atoms with Crippen LogP contribution in [0, 0.1) is 12.8 Å². The van der Waals surface area contributed by atoms with Crippen LogP contribution in [0.2, 0.25) is 0 Å². The molecule has 1 saturated heterocycles. The number of hydrogen-bond donors (Lipinski definition) is 0. The van der Waals surface area contributed by atoms with Crippen LogP contribution in [0.25, 0.3) is 10.2 Å². The van der Waals surface area contributed by atoms with Gasteiger partial charge in [0, 0.05) is 31.7 Å². The molecular weight excluding hydrogens is 334 g/mol. The summed E-state index contributed by atoms with van der Waals surface area (Å²) in [5.74, 6) is 0.119. The van der Waals surface area contributed by atoms with Crippen molar-refractivity contribution in [2.75, 3.05) is 26.2 Å². The van der Waals surface area contributed by atoms with Gasteiger partial charge in [-0.05, 0) is 51.8 Å². The maximum atomic E-state index is 12.9. The van der Waals surface area contributed by atoms with Gasteiger partial charge in [-0.2, -0.15) is 0 Å². The van der Waals surface area contributed by atoms with E-state index in [2.05, 4.69) is 4.98 Å². The lowest BCUT2D eigenvalue weighted by molar-refractivity contribution is -0.136. The van der Waals surface area contributed by atoms with Gasteiger partial charge in [0.05, 0.1) is 21.1 Å². The standard InChI is InChI=1S/C19H25N3O2S/c1-4-21(5-2)19(24)15-7-6-10-22(12-15)18(23)14-8-9-16-17(11-14)25-13(3)20-16/h8-9,11,15H,4-7,10,12H2,1-3H3/t15-/m1/s1. The van der Waals surface area contributed by atoms with E-state index in [-0.39, 0.29) is 17.7 Å². The van der Waals surface area contributed by atoms with Crippen molar-refractivity contribution in [2.24, 2.45) is 5.92 Å². The van der Waals surface area contributed by atoms with Gasteiger partial charge in [-0.1, -0.05) is 0 Å². The molecule has 0 saturated carbocycles. The van der Waals surface area contributed by atoms with Crippen LogP contribution in [0.1, 0.15) is 42.1 Å². The molecule has 134 valence electrons. The molecule has 1 aliphatic heterocycles. The first-order valence-corrected chi connectivity index (χ1v) is 9.80. The summed E-state index contributed by atoms with van der Waals surface area (Å²) < 4.78 is 1.04. The van der Waals surface area contributed by atoms with Gasteiger partial charge in [0.15, 0.2) is 0 Å². The number of fused-ring (bicyclic) bond motifs is 1. The van der Waals surface area contributed by atoms with Crippen molar-refractivity contribution >= 4 is 33.4 Å². The number of amides is 2. The number of thiazole rings is 1. The predicted molar refractivity (Wildman–Crippen MR) is 101 cm³/mol. The second-order valence-corrected chi connectivity index (χ2v) is 7.75. The third-order valence-electron chi connectivity index (χ3n) is 4.88. The summed E-state index contributed by atoms with van der Waals surface area (Å²) in [5.41, 5.74) is 1.62. The molecule has 1 fully saturated rings. The molecule has 0 bridgehead atoms. The number of hydrogen-bond acceptors (Lipinski definition) is 4. The number of nitrogens with zero attached hydrogens (tertiary/aromatic N) is 3. The molecule has 3 rings (SSSR count). The van der Waals surface area contributed by atoms with Crippen LogP contribution < -0.4 is 0 Å². The summed E-state index contributed by atoms with van der Waals surface area (Å²) in [5, 5.41) is 1.00. The molecule has 2 amide bonds. The van der Waals surface area contributed by atoms with Crippen LogP contribution >= 0.6 is 11.3 Å². The van der Waals surface area contributed by atoms with Crippen molar-refractivity contribution in [1.29, 1.82) is 0 Å². The summed E-state index contributed by atoms with van der Waals surface area (Å²) in [6.45, 7) is 8.66. The van der Waals surface area contributed by atoms with Crippen molar-refractivity contribution in [3.63, 3.8) is 0 Å². The quantitative estimate of drug-likeness (QED) is 0.841. The first-order chi connectivity index (χ1) is 12.0. The van der Waals surface area contributed by atoms with Gasteiger partial charge in [-0.15, -0.1) is 11.3 Å². The summed E-state index contributed by atoms with van der Waals surface area (Å²) in [7, 11) is 0. The fourth-order valence-corrected chi connectivity index (χ4v) is 4.38. The normalized spacial score (nSPS) is 17.7. The first-order valence-electron chi connectivity index (χ1n) is 8.98. The maximum Gasteiger partial charge on any atom is 0.253 e. The minimum Gasteiger partial charge on any atom is -0.343 e. The molecule has 1 aromatic carbocycles. The number of carbonyl (C=O) groups is 2. The van der Waals surface area contributed by atoms with Crippen LogP contribution in [0.5, 0.6) is 0 Å². The van der Waals surface area contributed by atoms with Gasteiger partial charge in [-0.3, -0.25) is 9.59 Å². The van der Waals surface area contributed by atoms with E-state index in [4.69, 9.17) is 0 Å². The van der Waals surface area contributed by atoms with Gasteiger partial charge >= 0.3 is 0 Å². The second-order valence-electron chi connectivity index (χ2n) is 6.52. The minimum absolute atomic E-state index is 0.0185. The molecule has 25 heavy (non-hydrogen) atoms. The van der Waals surface area contributed by atoms with Gasteiger partial charge in [0.25, 0.3) is 5.91 Å². The van der Waals surface area contributed by atoms with E-state index in [1.54, 1.807) is 11.3 Å². The highest BCUT2D eigenvalue weighted by atomic mass is 32.1. The Balaban J connectivity index is 1.75. The van der Waals surface area contributed by atoms with E-state index in [9.17, 15) is 9.59 Å². The van der Waals surface area contributed by atoms with E-state index in [0.717, 1.165) is 47.7 Å². The van der Waals surface area contributed by atoms with Crippen LogP contribution in [-0.2, 0) is 4.79 Å². The average molecular weight is 359 g/mol. The Kier molecular flexibility index (Phi) is 5.37. The maximum absolute atomic E-state index is 12.9. The largest absolute Gasteiger partial charge is 0.343 e. The van der Waals surface area contributed by atoms with Crippen molar-refractivity contribution in [3.8, 4) is 0 Å². The molecule has 1 aliphatic rings. The Morgan fingerprint density at radius 3 is 2.80 bits per heavy atom. The number of piperidine rings is 1. The predicted octanol–water partition coefficient (Wildman–Crippen LogP) is 3.33. The van der Waals surface area contributed by atoms with Crippen molar-refractivity contribution in [1.82, 2.24) is 14.8 Å². The lowest BCUT2D eigenvalue weighted by Gasteiger charge is -2.34. The average Bonchev–Trinajstić information content (AvgIpc) is 3.01. The van der Waals surface area contributed by atoms with Gasteiger partial charge in [0.2, 0.25) is 5.91 Å². The molecular formula is C19H25N3O2S. The van der Waals surface area contributed by atoms with E-state index in [0.29, 0.717) is 12.1 Å². The van der Waals surface area contributed by atoms with Crippen LogP contribution in [-0.4, -0.2) is 52.8 Å². The SMILES string of the molecule is CCN(CC)C(=O)[C@@H]1CCCN(C(=O)c2ccc3nc(C)sc3c2)C1. The van der Waals surface area contributed by atoms with Gasteiger partial charge in [0.1, 0.15) is 0 Å². The smallest absolute Gasteiger partial charge is 0.253 e. The Labute approximate surface area is 152 Å². The van der Waals surface area contributed by atoms with Gasteiger partial charge < -0.3 is 9.80 Å². The van der Waals surface area contributed by atoms with Crippen LogP contribution in [0.15, 0.2) is 18.2 Å². The zero-order valence-corrected chi connectivity index (χ0v) is 15.9. The number of rotatable bonds is 4. The van der Waals surface area contributed by atoms with Crippen LogP contribution in [0.3, 0.4) is 0 Å². The van der Waals surface area contributed by atoms with E-state index < -0.39 is 0 Å². The molecule has 0 spiro atoms. The lowest BCUT2D eigenvalue weighted by Crippen LogP contribution is -2.46. The topological polar surface area (TPSA) is 53.5 Å². The van der Waals surface area contributed by atoms with Crippen molar-refractivity contribution in [3.05, 3.63) is 28.8 Å². The second kappa shape index (κ2) is 7.52. The third-order valence-corrected chi connectivity index (χ3v) is 5.81.